The minimum absolute atomic E-state index is 0.0633. The molecule has 0 atom stereocenters. The molecule has 1 aliphatic heterocycles. The molecule has 0 saturated heterocycles. The smallest absolute Gasteiger partial charge is 0.161 e. The van der Waals surface area contributed by atoms with Crippen LogP contribution in [0.15, 0.2) is 72.7 Å². The number of fused-ring (bicyclic) bond motifs is 2. The maximum absolute atomic E-state index is 8.21. The number of hydrogen-bond acceptors (Lipinski definition) is 9. The zero-order valence-corrected chi connectivity index (χ0v) is 23.3. The van der Waals surface area contributed by atoms with Gasteiger partial charge in [-0.05, 0) is 35.3 Å². The minimum atomic E-state index is -0.400. The first-order valence-corrected chi connectivity index (χ1v) is 13.8. The Balaban J connectivity index is 1.30. The highest BCUT2D eigenvalue weighted by Crippen LogP contribution is 2.29. The molecule has 0 amide bonds. The Morgan fingerprint density at radius 3 is 1.51 bits per heavy atom. The summed E-state index contributed by atoms with van der Waals surface area (Å²) in [7, 11) is 0. The van der Waals surface area contributed by atoms with E-state index >= 15 is 0 Å². The molecule has 41 heavy (non-hydrogen) atoms. The number of rotatable bonds is 4. The van der Waals surface area contributed by atoms with Gasteiger partial charge in [0.25, 0.3) is 0 Å². The van der Waals surface area contributed by atoms with Crippen molar-refractivity contribution < 1.29 is 43.4 Å². The van der Waals surface area contributed by atoms with Gasteiger partial charge < -0.3 is 43.2 Å². The van der Waals surface area contributed by atoms with Crippen molar-refractivity contribution in [3.63, 3.8) is 0 Å². The molecule has 1 aliphatic rings. The Morgan fingerprint density at radius 1 is 0.488 bits per heavy atom. The van der Waals surface area contributed by atoms with E-state index in [2.05, 4.69) is 17.4 Å². The summed E-state index contributed by atoms with van der Waals surface area (Å²) in [6, 6.07) is 14.7. The van der Waals surface area contributed by atoms with Gasteiger partial charge in [-0.15, -0.1) is 0 Å². The standard InChI is InChI=1S/C32H41NO8/c1-2-6-27(7-3-1)25-33-26-28-10-11-31-32(24-28)41-23-19-37-15-14-35-17-21-39-30-9-5-4-8-29(30)38-20-16-34-12-13-36-18-22-40-31/h1-11,24,33H,12-23,25-26H2/i4D,5D,8D,9D. The van der Waals surface area contributed by atoms with Crippen molar-refractivity contribution in [1.29, 1.82) is 0 Å². The third-order valence-electron chi connectivity index (χ3n) is 5.79. The molecule has 0 radical (unpaired) electrons. The summed E-state index contributed by atoms with van der Waals surface area (Å²) in [6.07, 6.45) is 0. The lowest BCUT2D eigenvalue weighted by molar-refractivity contribution is 0.0223. The van der Waals surface area contributed by atoms with E-state index in [-0.39, 0.29) is 50.0 Å². The Morgan fingerprint density at radius 2 is 0.951 bits per heavy atom. The highest BCUT2D eigenvalue weighted by Gasteiger charge is 2.09. The SMILES string of the molecule is [2H]c1c([2H])c([2H])c2c(c1[2H])OCCOCCOCCOc1ccc(CNCc3ccccc3)cc1OCCOCCOCCO2. The average Bonchev–Trinajstić information content (AvgIpc) is 3.05. The summed E-state index contributed by atoms with van der Waals surface area (Å²) in [6.45, 7) is 4.60. The van der Waals surface area contributed by atoms with E-state index in [0.717, 1.165) is 12.1 Å². The molecule has 3 aromatic carbocycles. The molecule has 0 aromatic heterocycles. The Kier molecular flexibility index (Phi) is 11.7. The van der Waals surface area contributed by atoms with Crippen molar-refractivity contribution in [2.75, 3.05) is 79.3 Å². The van der Waals surface area contributed by atoms with Gasteiger partial charge in [-0.25, -0.2) is 0 Å². The van der Waals surface area contributed by atoms with E-state index in [1.54, 1.807) is 0 Å². The molecule has 1 N–H and O–H groups in total. The van der Waals surface area contributed by atoms with Crippen LogP contribution in [0, 0.1) is 0 Å². The lowest BCUT2D eigenvalue weighted by Crippen LogP contribution is -2.16. The Labute approximate surface area is 248 Å². The van der Waals surface area contributed by atoms with Gasteiger partial charge in [-0.1, -0.05) is 48.5 Å². The maximum Gasteiger partial charge on any atom is 0.161 e. The number of ether oxygens (including phenoxy) is 8. The van der Waals surface area contributed by atoms with Gasteiger partial charge >= 0.3 is 0 Å². The molecule has 9 heteroatoms. The van der Waals surface area contributed by atoms with Crippen LogP contribution in [-0.4, -0.2) is 79.3 Å². The van der Waals surface area contributed by atoms with E-state index in [1.165, 1.54) is 5.56 Å². The van der Waals surface area contributed by atoms with E-state index in [0.29, 0.717) is 70.9 Å². The minimum Gasteiger partial charge on any atom is -0.487 e. The highest BCUT2D eigenvalue weighted by atomic mass is 16.6. The van der Waals surface area contributed by atoms with Gasteiger partial charge in [0.05, 0.1) is 58.3 Å². The van der Waals surface area contributed by atoms with E-state index in [9.17, 15) is 0 Å². The van der Waals surface area contributed by atoms with Gasteiger partial charge in [0.2, 0.25) is 0 Å². The molecule has 0 saturated carbocycles. The summed E-state index contributed by atoms with van der Waals surface area (Å²) in [5, 5.41) is 3.46. The lowest BCUT2D eigenvalue weighted by Gasteiger charge is -2.15. The fraction of sp³-hybridized carbons (Fsp3) is 0.438. The number of benzene rings is 3. The van der Waals surface area contributed by atoms with Crippen LogP contribution < -0.4 is 24.3 Å². The molecule has 1 heterocycles. The van der Waals surface area contributed by atoms with Gasteiger partial charge in [0.15, 0.2) is 23.0 Å². The first-order chi connectivity index (χ1) is 22.0. The maximum atomic E-state index is 8.21. The van der Waals surface area contributed by atoms with Crippen molar-refractivity contribution in [2.45, 2.75) is 13.1 Å². The molecule has 4 rings (SSSR count). The predicted octanol–water partition coefficient (Wildman–Crippen LogP) is 4.27. The fourth-order valence-electron chi connectivity index (χ4n) is 3.80. The molecule has 222 valence electrons. The summed E-state index contributed by atoms with van der Waals surface area (Å²) in [5.74, 6) is 1.12. The van der Waals surface area contributed by atoms with Crippen LogP contribution in [0.5, 0.6) is 23.0 Å². The normalized spacial score (nSPS) is 18.1. The molecule has 9 nitrogen and oxygen atoms in total. The van der Waals surface area contributed by atoms with Gasteiger partial charge in [-0.3, -0.25) is 0 Å². The third kappa shape index (κ3) is 12.0. The topological polar surface area (TPSA) is 85.9 Å². The lowest BCUT2D eigenvalue weighted by atomic mass is 10.2. The molecule has 0 aliphatic carbocycles. The van der Waals surface area contributed by atoms with Crippen molar-refractivity contribution in [1.82, 2.24) is 5.32 Å². The van der Waals surface area contributed by atoms with E-state index < -0.39 is 12.1 Å². The highest BCUT2D eigenvalue weighted by molar-refractivity contribution is 5.43. The largest absolute Gasteiger partial charge is 0.487 e. The third-order valence-corrected chi connectivity index (χ3v) is 5.79. The van der Waals surface area contributed by atoms with Crippen molar-refractivity contribution in [3.8, 4) is 23.0 Å². The Bertz CT molecular complexity index is 1320. The van der Waals surface area contributed by atoms with Gasteiger partial charge in [0, 0.05) is 13.1 Å². The summed E-state index contributed by atoms with van der Waals surface area (Å²) in [5.41, 5.74) is 2.28. The fourth-order valence-corrected chi connectivity index (χ4v) is 3.80. The predicted molar refractivity (Wildman–Crippen MR) is 155 cm³/mol. The molecule has 0 unspecified atom stereocenters. The van der Waals surface area contributed by atoms with Crippen LogP contribution in [0.3, 0.4) is 0 Å². The number of para-hydroxylation sites is 2. The van der Waals surface area contributed by atoms with Crippen LogP contribution in [-0.2, 0) is 32.0 Å². The summed E-state index contributed by atoms with van der Waals surface area (Å²) < 4.78 is 78.0. The molecule has 0 bridgehead atoms. The monoisotopic (exact) mass is 571 g/mol. The second-order valence-electron chi connectivity index (χ2n) is 8.87. The van der Waals surface area contributed by atoms with E-state index in [4.69, 9.17) is 43.4 Å². The van der Waals surface area contributed by atoms with Crippen molar-refractivity contribution in [2.24, 2.45) is 0 Å². The zero-order valence-electron chi connectivity index (χ0n) is 27.3. The molecular formula is C32H41NO8. The molecular weight excluding hydrogens is 526 g/mol. The van der Waals surface area contributed by atoms with Crippen LogP contribution in [0.1, 0.15) is 16.6 Å². The van der Waals surface area contributed by atoms with Crippen LogP contribution >= 0.6 is 0 Å². The second kappa shape index (κ2) is 18.9. The molecule has 3 aromatic rings. The van der Waals surface area contributed by atoms with Crippen LogP contribution in [0.4, 0.5) is 0 Å². The summed E-state index contributed by atoms with van der Waals surface area (Å²) in [4.78, 5) is 0. The van der Waals surface area contributed by atoms with Crippen molar-refractivity contribution in [3.05, 3.63) is 83.8 Å². The number of nitrogens with one attached hydrogen (secondary N) is 1. The summed E-state index contributed by atoms with van der Waals surface area (Å²) >= 11 is 0. The van der Waals surface area contributed by atoms with Crippen LogP contribution in [0.2, 0.25) is 0 Å². The number of hydrogen-bond donors (Lipinski definition) is 1. The Hall–Kier alpha value is -3.34. The second-order valence-corrected chi connectivity index (χ2v) is 8.87. The first kappa shape index (κ1) is 25.4. The molecule has 0 fully saturated rings. The van der Waals surface area contributed by atoms with Gasteiger partial charge in [0.1, 0.15) is 26.4 Å². The van der Waals surface area contributed by atoms with Gasteiger partial charge in [-0.2, -0.15) is 0 Å². The van der Waals surface area contributed by atoms with E-state index in [1.807, 2.05) is 36.4 Å². The van der Waals surface area contributed by atoms with Crippen LogP contribution in [0.25, 0.3) is 0 Å². The average molecular weight is 572 g/mol. The zero-order chi connectivity index (χ0) is 31.7. The first-order valence-electron chi connectivity index (χ1n) is 15.8. The van der Waals surface area contributed by atoms with Crippen molar-refractivity contribution >= 4 is 0 Å². The molecule has 0 spiro atoms. The quantitative estimate of drug-likeness (QED) is 0.493.